The van der Waals surface area contributed by atoms with E-state index < -0.39 is 0 Å². The molecule has 116 valence electrons. The van der Waals surface area contributed by atoms with Crippen molar-refractivity contribution < 1.29 is 4.79 Å². The molecular weight excluding hydrogens is 274 g/mol. The third-order valence-electron chi connectivity index (χ3n) is 4.48. The summed E-state index contributed by atoms with van der Waals surface area (Å²) in [6.45, 7) is 6.60. The molecule has 1 fully saturated rings. The van der Waals surface area contributed by atoms with Gasteiger partial charge in [-0.15, -0.1) is 0 Å². The first-order valence-electron chi connectivity index (χ1n) is 7.82. The van der Waals surface area contributed by atoms with Gasteiger partial charge in [-0.3, -0.25) is 9.69 Å². The van der Waals surface area contributed by atoms with Crippen molar-refractivity contribution in [3.8, 4) is 0 Å². The van der Waals surface area contributed by atoms with Crippen LogP contribution in [0.2, 0.25) is 0 Å². The molecule has 1 aliphatic heterocycles. The molecule has 0 radical (unpaired) electrons. The highest BCUT2D eigenvalue weighted by Crippen LogP contribution is 2.14. The number of benzene rings is 1. The Morgan fingerprint density at radius 1 is 1.05 bits per heavy atom. The first kappa shape index (κ1) is 14.9. The second-order valence-corrected chi connectivity index (χ2v) is 6.00. The van der Waals surface area contributed by atoms with Gasteiger partial charge in [-0.05, 0) is 30.2 Å². The van der Waals surface area contributed by atoms with Crippen LogP contribution in [-0.4, -0.2) is 46.5 Å². The van der Waals surface area contributed by atoms with E-state index in [1.807, 2.05) is 34.8 Å². The van der Waals surface area contributed by atoms with Crippen LogP contribution in [0.5, 0.6) is 0 Å². The van der Waals surface area contributed by atoms with E-state index in [0.29, 0.717) is 0 Å². The summed E-state index contributed by atoms with van der Waals surface area (Å²) in [6.07, 6.45) is 1.92. The van der Waals surface area contributed by atoms with Crippen molar-refractivity contribution in [3.05, 3.63) is 59.4 Å². The lowest BCUT2D eigenvalue weighted by Crippen LogP contribution is -2.48. The van der Waals surface area contributed by atoms with Gasteiger partial charge in [0.2, 0.25) is 0 Å². The number of carbonyl (C=O) groups excluding carboxylic acids is 1. The molecule has 0 bridgehead atoms. The predicted molar refractivity (Wildman–Crippen MR) is 87.8 cm³/mol. The molecule has 0 atom stereocenters. The van der Waals surface area contributed by atoms with E-state index in [0.717, 1.165) is 38.4 Å². The van der Waals surface area contributed by atoms with Gasteiger partial charge in [-0.2, -0.15) is 0 Å². The van der Waals surface area contributed by atoms with Gasteiger partial charge in [0.1, 0.15) is 5.69 Å². The largest absolute Gasteiger partial charge is 0.347 e. The molecule has 22 heavy (non-hydrogen) atoms. The highest BCUT2D eigenvalue weighted by Gasteiger charge is 2.23. The molecule has 0 saturated carbocycles. The summed E-state index contributed by atoms with van der Waals surface area (Å²) in [5.74, 6) is 0.142. The monoisotopic (exact) mass is 297 g/mol. The highest BCUT2D eigenvalue weighted by molar-refractivity contribution is 5.92. The zero-order valence-electron chi connectivity index (χ0n) is 13.3. The summed E-state index contributed by atoms with van der Waals surface area (Å²) in [4.78, 5) is 16.9. The zero-order chi connectivity index (χ0) is 15.5. The molecule has 4 nitrogen and oxygen atoms in total. The summed E-state index contributed by atoms with van der Waals surface area (Å²) in [7, 11) is 1.92. The van der Waals surface area contributed by atoms with Gasteiger partial charge < -0.3 is 9.47 Å². The van der Waals surface area contributed by atoms with Crippen LogP contribution in [-0.2, 0) is 13.6 Å². The van der Waals surface area contributed by atoms with Crippen molar-refractivity contribution in [2.24, 2.45) is 7.05 Å². The van der Waals surface area contributed by atoms with Crippen LogP contribution in [0.25, 0.3) is 0 Å². The molecule has 0 unspecified atom stereocenters. The molecule has 1 aromatic carbocycles. The van der Waals surface area contributed by atoms with Crippen LogP contribution in [0, 0.1) is 6.92 Å². The Bertz CT molecular complexity index is 654. The fourth-order valence-corrected chi connectivity index (χ4v) is 2.98. The quantitative estimate of drug-likeness (QED) is 0.869. The van der Waals surface area contributed by atoms with Crippen molar-refractivity contribution >= 4 is 5.91 Å². The average Bonchev–Trinajstić information content (AvgIpc) is 2.96. The molecule has 2 heterocycles. The molecule has 1 saturated heterocycles. The number of hydrogen-bond acceptors (Lipinski definition) is 2. The van der Waals surface area contributed by atoms with Crippen molar-refractivity contribution in [2.75, 3.05) is 26.2 Å². The molecule has 3 rings (SSSR count). The molecule has 0 spiro atoms. The predicted octanol–water partition coefficient (Wildman–Crippen LogP) is 2.29. The van der Waals surface area contributed by atoms with Gasteiger partial charge in [-0.1, -0.05) is 24.3 Å². The molecule has 1 aliphatic rings. The average molecular weight is 297 g/mol. The van der Waals surface area contributed by atoms with Crippen molar-refractivity contribution in [1.82, 2.24) is 14.4 Å². The molecule has 2 aromatic rings. The third-order valence-corrected chi connectivity index (χ3v) is 4.48. The lowest BCUT2D eigenvalue weighted by Gasteiger charge is -2.35. The van der Waals surface area contributed by atoms with Crippen LogP contribution < -0.4 is 0 Å². The summed E-state index contributed by atoms with van der Waals surface area (Å²) in [5.41, 5.74) is 3.49. The maximum atomic E-state index is 12.5. The smallest absolute Gasteiger partial charge is 0.270 e. The molecule has 0 aliphatic carbocycles. The second kappa shape index (κ2) is 6.36. The van der Waals surface area contributed by atoms with Gasteiger partial charge in [0.15, 0.2) is 0 Å². The fourth-order valence-electron chi connectivity index (χ4n) is 2.98. The van der Waals surface area contributed by atoms with Crippen LogP contribution >= 0.6 is 0 Å². The van der Waals surface area contributed by atoms with Crippen LogP contribution in [0.1, 0.15) is 21.6 Å². The topological polar surface area (TPSA) is 28.5 Å². The van der Waals surface area contributed by atoms with E-state index >= 15 is 0 Å². The van der Waals surface area contributed by atoms with Gasteiger partial charge in [0.05, 0.1) is 0 Å². The minimum Gasteiger partial charge on any atom is -0.347 e. The van der Waals surface area contributed by atoms with E-state index in [4.69, 9.17) is 0 Å². The van der Waals surface area contributed by atoms with Crippen LogP contribution in [0.3, 0.4) is 0 Å². The Kier molecular flexibility index (Phi) is 4.29. The summed E-state index contributed by atoms with van der Waals surface area (Å²) < 4.78 is 1.89. The van der Waals surface area contributed by atoms with Gasteiger partial charge in [0.25, 0.3) is 5.91 Å². The standard InChI is InChI=1S/C18H23N3O/c1-15-6-3-4-7-16(15)14-20-10-12-21(13-11-20)18(22)17-8-5-9-19(17)2/h3-9H,10-14H2,1-2H3. The third kappa shape index (κ3) is 3.07. The molecule has 1 aromatic heterocycles. The molecule has 1 amide bonds. The Hall–Kier alpha value is -2.07. The van der Waals surface area contributed by atoms with E-state index in [1.54, 1.807) is 0 Å². The Morgan fingerprint density at radius 3 is 2.41 bits per heavy atom. The molecule has 0 N–H and O–H groups in total. The normalized spacial score (nSPS) is 16.0. The number of carbonyl (C=O) groups is 1. The van der Waals surface area contributed by atoms with E-state index in [1.165, 1.54) is 11.1 Å². The maximum Gasteiger partial charge on any atom is 0.270 e. The van der Waals surface area contributed by atoms with Crippen molar-refractivity contribution in [1.29, 1.82) is 0 Å². The van der Waals surface area contributed by atoms with Gasteiger partial charge in [-0.25, -0.2) is 0 Å². The summed E-state index contributed by atoms with van der Waals surface area (Å²) >= 11 is 0. The molecule has 4 heteroatoms. The second-order valence-electron chi connectivity index (χ2n) is 6.00. The van der Waals surface area contributed by atoms with Crippen molar-refractivity contribution in [3.63, 3.8) is 0 Å². The Balaban J connectivity index is 1.58. The van der Waals surface area contributed by atoms with Crippen LogP contribution in [0.4, 0.5) is 0 Å². The number of rotatable bonds is 3. The number of aryl methyl sites for hydroxylation is 2. The summed E-state index contributed by atoms with van der Waals surface area (Å²) in [5, 5.41) is 0. The fraction of sp³-hybridized carbons (Fsp3) is 0.389. The zero-order valence-corrected chi connectivity index (χ0v) is 13.3. The number of aromatic nitrogens is 1. The number of hydrogen-bond donors (Lipinski definition) is 0. The number of nitrogens with zero attached hydrogens (tertiary/aromatic N) is 3. The number of amides is 1. The van der Waals surface area contributed by atoms with E-state index in [2.05, 4.69) is 36.1 Å². The van der Waals surface area contributed by atoms with Gasteiger partial charge >= 0.3 is 0 Å². The SMILES string of the molecule is Cc1ccccc1CN1CCN(C(=O)c2cccn2C)CC1. The first-order valence-corrected chi connectivity index (χ1v) is 7.82. The molecular formula is C18H23N3O. The summed E-state index contributed by atoms with van der Waals surface area (Å²) in [6, 6.07) is 12.3. The highest BCUT2D eigenvalue weighted by atomic mass is 16.2. The van der Waals surface area contributed by atoms with Crippen LogP contribution in [0.15, 0.2) is 42.6 Å². The van der Waals surface area contributed by atoms with Crippen molar-refractivity contribution in [2.45, 2.75) is 13.5 Å². The lowest BCUT2D eigenvalue weighted by molar-refractivity contribution is 0.0619. The Labute approximate surface area is 132 Å². The lowest BCUT2D eigenvalue weighted by atomic mass is 10.1. The maximum absolute atomic E-state index is 12.5. The Morgan fingerprint density at radius 2 is 1.77 bits per heavy atom. The van der Waals surface area contributed by atoms with E-state index in [-0.39, 0.29) is 5.91 Å². The first-order chi connectivity index (χ1) is 10.6. The van der Waals surface area contributed by atoms with Gasteiger partial charge in [0, 0.05) is 46.0 Å². The minimum absolute atomic E-state index is 0.142. The van der Waals surface area contributed by atoms with E-state index in [9.17, 15) is 4.79 Å². The minimum atomic E-state index is 0.142. The number of piperazine rings is 1.